The van der Waals surface area contributed by atoms with Gasteiger partial charge in [0.1, 0.15) is 17.5 Å². The van der Waals surface area contributed by atoms with Crippen LogP contribution in [0.5, 0.6) is 0 Å². The standard InChI is InChI=1S/C13H15F2N3O2S/c1-3-12-16-7-13(17-12)21(19,20)18-8(2)10-6-9(14)4-5-11(10)15/h4-8,18H,3H2,1-2H3,(H,16,17). The number of nitrogens with zero attached hydrogens (tertiary/aromatic N) is 1. The Morgan fingerprint density at radius 3 is 2.71 bits per heavy atom. The molecule has 5 nitrogen and oxygen atoms in total. The van der Waals surface area contributed by atoms with E-state index in [0.717, 1.165) is 18.2 Å². The molecule has 2 aromatic rings. The number of sulfonamides is 1. The SMILES string of the molecule is CCc1ncc(S(=O)(=O)NC(C)c2cc(F)ccc2F)[nH]1. The molecule has 2 N–H and O–H groups in total. The van der Waals surface area contributed by atoms with Crippen molar-refractivity contribution in [1.29, 1.82) is 0 Å². The second-order valence-electron chi connectivity index (χ2n) is 4.56. The summed E-state index contributed by atoms with van der Waals surface area (Å²) in [5.41, 5.74) is -0.0613. The van der Waals surface area contributed by atoms with E-state index in [-0.39, 0.29) is 10.6 Å². The third-order valence-electron chi connectivity index (χ3n) is 2.99. The van der Waals surface area contributed by atoms with Crippen molar-refractivity contribution in [3.05, 3.63) is 47.4 Å². The lowest BCUT2D eigenvalue weighted by molar-refractivity contribution is 0.540. The molecule has 0 radical (unpaired) electrons. The minimum absolute atomic E-state index is 0.0613. The predicted molar refractivity (Wildman–Crippen MR) is 73.1 cm³/mol. The van der Waals surface area contributed by atoms with Crippen LogP contribution in [0.1, 0.15) is 31.3 Å². The van der Waals surface area contributed by atoms with Crippen LogP contribution in [0.4, 0.5) is 8.78 Å². The van der Waals surface area contributed by atoms with Crippen molar-refractivity contribution in [2.45, 2.75) is 31.3 Å². The maximum Gasteiger partial charge on any atom is 0.258 e. The Hall–Kier alpha value is -1.80. The highest BCUT2D eigenvalue weighted by molar-refractivity contribution is 7.89. The summed E-state index contributed by atoms with van der Waals surface area (Å²) in [5, 5.41) is -0.108. The van der Waals surface area contributed by atoms with E-state index in [0.29, 0.717) is 12.2 Å². The molecule has 0 fully saturated rings. The van der Waals surface area contributed by atoms with E-state index in [9.17, 15) is 17.2 Å². The highest BCUT2D eigenvalue weighted by Crippen LogP contribution is 2.20. The van der Waals surface area contributed by atoms with E-state index in [1.54, 1.807) is 0 Å². The third kappa shape index (κ3) is 3.45. The zero-order chi connectivity index (χ0) is 15.6. The second-order valence-corrected chi connectivity index (χ2v) is 6.24. The Bertz CT molecular complexity index is 744. The summed E-state index contributed by atoms with van der Waals surface area (Å²) in [7, 11) is -3.88. The number of halogens is 2. The smallest absolute Gasteiger partial charge is 0.258 e. The molecule has 1 aromatic carbocycles. The van der Waals surface area contributed by atoms with Crippen LogP contribution in [-0.4, -0.2) is 18.4 Å². The number of hydrogen-bond donors (Lipinski definition) is 2. The van der Waals surface area contributed by atoms with Crippen molar-refractivity contribution in [2.24, 2.45) is 0 Å². The fourth-order valence-corrected chi connectivity index (χ4v) is 3.03. The number of nitrogens with one attached hydrogen (secondary N) is 2. The predicted octanol–water partition coefficient (Wildman–Crippen LogP) is 2.29. The molecule has 0 amide bonds. The normalized spacial score (nSPS) is 13.3. The fourth-order valence-electron chi connectivity index (χ4n) is 1.87. The molecule has 1 heterocycles. The number of hydrogen-bond acceptors (Lipinski definition) is 3. The van der Waals surface area contributed by atoms with Crippen LogP contribution >= 0.6 is 0 Å². The Balaban J connectivity index is 2.25. The number of benzene rings is 1. The Labute approximate surface area is 121 Å². The van der Waals surface area contributed by atoms with Gasteiger partial charge >= 0.3 is 0 Å². The lowest BCUT2D eigenvalue weighted by Crippen LogP contribution is -2.27. The highest BCUT2D eigenvalue weighted by atomic mass is 32.2. The molecule has 8 heteroatoms. The van der Waals surface area contributed by atoms with Crippen molar-refractivity contribution in [3.8, 4) is 0 Å². The van der Waals surface area contributed by atoms with Gasteiger partial charge in [0, 0.05) is 18.0 Å². The molecule has 0 spiro atoms. The summed E-state index contributed by atoms with van der Waals surface area (Å²) in [6, 6.07) is 1.98. The molecule has 0 aliphatic rings. The first kappa shape index (κ1) is 15.6. The molecule has 0 saturated carbocycles. The van der Waals surface area contributed by atoms with Gasteiger partial charge in [-0.25, -0.2) is 26.9 Å². The first-order valence-corrected chi connectivity index (χ1v) is 7.83. The molecule has 0 bridgehead atoms. The first-order valence-electron chi connectivity index (χ1n) is 6.34. The van der Waals surface area contributed by atoms with E-state index >= 15 is 0 Å². The molecule has 1 aromatic heterocycles. The molecule has 0 saturated heterocycles. The molecule has 114 valence electrons. The summed E-state index contributed by atoms with van der Waals surface area (Å²) in [6.07, 6.45) is 1.75. The van der Waals surface area contributed by atoms with Crippen molar-refractivity contribution in [2.75, 3.05) is 0 Å². The van der Waals surface area contributed by atoms with Crippen LogP contribution in [0, 0.1) is 11.6 Å². The van der Waals surface area contributed by atoms with Gasteiger partial charge in [-0.05, 0) is 25.1 Å². The number of H-pyrrole nitrogens is 1. The number of imidazole rings is 1. The largest absolute Gasteiger partial charge is 0.332 e. The number of aromatic nitrogens is 2. The van der Waals surface area contributed by atoms with Gasteiger partial charge < -0.3 is 4.98 Å². The maximum absolute atomic E-state index is 13.6. The van der Waals surface area contributed by atoms with Gasteiger partial charge in [-0.15, -0.1) is 0 Å². The minimum Gasteiger partial charge on any atom is -0.332 e. The molecule has 21 heavy (non-hydrogen) atoms. The van der Waals surface area contributed by atoms with Gasteiger partial charge in [0.15, 0.2) is 5.03 Å². The summed E-state index contributed by atoms with van der Waals surface area (Å²) in [6.45, 7) is 3.26. The number of aromatic amines is 1. The summed E-state index contributed by atoms with van der Waals surface area (Å²) < 4.78 is 53.4. The summed E-state index contributed by atoms with van der Waals surface area (Å²) >= 11 is 0. The van der Waals surface area contributed by atoms with Gasteiger partial charge in [0.25, 0.3) is 10.0 Å². The lowest BCUT2D eigenvalue weighted by Gasteiger charge is -2.14. The molecular formula is C13H15F2N3O2S. The van der Waals surface area contributed by atoms with Crippen LogP contribution in [0.25, 0.3) is 0 Å². The topological polar surface area (TPSA) is 74.8 Å². The van der Waals surface area contributed by atoms with E-state index in [1.807, 2.05) is 6.92 Å². The molecule has 0 aliphatic carbocycles. The lowest BCUT2D eigenvalue weighted by atomic mass is 10.1. The monoisotopic (exact) mass is 315 g/mol. The fraction of sp³-hybridized carbons (Fsp3) is 0.308. The Morgan fingerprint density at radius 2 is 2.10 bits per heavy atom. The van der Waals surface area contributed by atoms with E-state index < -0.39 is 27.7 Å². The third-order valence-corrected chi connectivity index (χ3v) is 4.44. The summed E-state index contributed by atoms with van der Waals surface area (Å²) in [5.74, 6) is -0.780. The zero-order valence-electron chi connectivity index (χ0n) is 11.5. The average Bonchev–Trinajstić information content (AvgIpc) is 2.90. The van der Waals surface area contributed by atoms with Gasteiger partial charge in [0.2, 0.25) is 0 Å². The second kappa shape index (κ2) is 5.90. The molecule has 2 rings (SSSR count). The van der Waals surface area contributed by atoms with Crippen LogP contribution in [0.15, 0.2) is 29.4 Å². The molecule has 1 atom stereocenters. The molecular weight excluding hydrogens is 300 g/mol. The van der Waals surface area contributed by atoms with E-state index in [1.165, 1.54) is 13.1 Å². The van der Waals surface area contributed by atoms with Crippen LogP contribution in [-0.2, 0) is 16.4 Å². The number of rotatable bonds is 5. The van der Waals surface area contributed by atoms with Crippen molar-refractivity contribution in [3.63, 3.8) is 0 Å². The minimum atomic E-state index is -3.88. The van der Waals surface area contributed by atoms with Crippen molar-refractivity contribution < 1.29 is 17.2 Å². The average molecular weight is 315 g/mol. The first-order chi connectivity index (χ1) is 9.83. The maximum atomic E-state index is 13.6. The molecule has 0 aliphatic heterocycles. The van der Waals surface area contributed by atoms with Crippen molar-refractivity contribution in [1.82, 2.24) is 14.7 Å². The zero-order valence-corrected chi connectivity index (χ0v) is 12.3. The van der Waals surface area contributed by atoms with Crippen LogP contribution in [0.3, 0.4) is 0 Å². The highest BCUT2D eigenvalue weighted by Gasteiger charge is 2.22. The Kier molecular flexibility index (Phi) is 4.38. The van der Waals surface area contributed by atoms with Gasteiger partial charge in [-0.2, -0.15) is 0 Å². The van der Waals surface area contributed by atoms with Gasteiger partial charge in [0.05, 0.1) is 6.20 Å². The van der Waals surface area contributed by atoms with Gasteiger partial charge in [-0.3, -0.25) is 0 Å². The quantitative estimate of drug-likeness (QED) is 0.889. The number of aryl methyl sites for hydroxylation is 1. The summed E-state index contributed by atoms with van der Waals surface area (Å²) in [4.78, 5) is 6.56. The molecule has 1 unspecified atom stereocenters. The Morgan fingerprint density at radius 1 is 1.38 bits per heavy atom. The van der Waals surface area contributed by atoms with Crippen LogP contribution in [0.2, 0.25) is 0 Å². The van der Waals surface area contributed by atoms with Crippen molar-refractivity contribution >= 4 is 10.0 Å². The van der Waals surface area contributed by atoms with Gasteiger partial charge in [-0.1, -0.05) is 6.92 Å². The van der Waals surface area contributed by atoms with Crippen LogP contribution < -0.4 is 4.72 Å². The van der Waals surface area contributed by atoms with E-state index in [2.05, 4.69) is 14.7 Å². The van der Waals surface area contributed by atoms with E-state index in [4.69, 9.17) is 0 Å².